The molecule has 0 aliphatic carbocycles. The van der Waals surface area contributed by atoms with E-state index < -0.39 is 0 Å². The van der Waals surface area contributed by atoms with Gasteiger partial charge in [-0.05, 0) is 50.5 Å². The van der Waals surface area contributed by atoms with E-state index in [1.807, 2.05) is 50.4 Å². The molecule has 0 aliphatic heterocycles. The molecule has 1 aromatic carbocycles. The fourth-order valence-electron chi connectivity index (χ4n) is 3.23. The standard InChI is InChI=1S/C20H23N5O2/c1-13-16(14(2)24-20(27)23-13)9-10-19(26)22-15(3)17-7-4-5-8-18(17)25-12-6-11-21-25/h4-8,11-12,15H,9-10H2,1-3H3,(H,22,26)(H,23,24,27). The lowest BCUT2D eigenvalue weighted by atomic mass is 10.0. The number of aromatic amines is 1. The van der Waals surface area contributed by atoms with Crippen LogP contribution in [0.15, 0.2) is 47.5 Å². The van der Waals surface area contributed by atoms with E-state index in [-0.39, 0.29) is 17.6 Å². The summed E-state index contributed by atoms with van der Waals surface area (Å²) < 4.78 is 1.79. The topological polar surface area (TPSA) is 92.7 Å². The van der Waals surface area contributed by atoms with Gasteiger partial charge in [0.05, 0.1) is 11.7 Å². The average molecular weight is 365 g/mol. The molecule has 1 amide bonds. The highest BCUT2D eigenvalue weighted by atomic mass is 16.1. The average Bonchev–Trinajstić information content (AvgIpc) is 3.15. The molecule has 1 atom stereocenters. The van der Waals surface area contributed by atoms with Crippen LogP contribution in [0.3, 0.4) is 0 Å². The van der Waals surface area contributed by atoms with Gasteiger partial charge in [0.2, 0.25) is 5.91 Å². The molecule has 0 aliphatic rings. The fraction of sp³-hybridized carbons (Fsp3) is 0.300. The number of para-hydroxylation sites is 1. The van der Waals surface area contributed by atoms with Crippen molar-refractivity contribution >= 4 is 5.91 Å². The number of benzene rings is 1. The van der Waals surface area contributed by atoms with Crippen molar-refractivity contribution in [1.29, 1.82) is 0 Å². The second-order valence-corrected chi connectivity index (χ2v) is 6.53. The van der Waals surface area contributed by atoms with Crippen LogP contribution in [0, 0.1) is 13.8 Å². The molecule has 140 valence electrons. The number of carbonyl (C=O) groups excluding carboxylic acids is 1. The third kappa shape index (κ3) is 4.31. The maximum atomic E-state index is 12.5. The molecule has 1 unspecified atom stereocenters. The first kappa shape index (κ1) is 18.6. The second kappa shape index (κ2) is 7.99. The number of aromatic nitrogens is 4. The Balaban J connectivity index is 1.68. The zero-order chi connectivity index (χ0) is 19.4. The molecule has 2 aromatic heterocycles. The summed E-state index contributed by atoms with van der Waals surface area (Å²) in [5.74, 6) is -0.0530. The smallest absolute Gasteiger partial charge is 0.345 e. The molecule has 0 saturated carbocycles. The third-order valence-corrected chi connectivity index (χ3v) is 4.59. The van der Waals surface area contributed by atoms with Gasteiger partial charge in [0.1, 0.15) is 0 Å². The van der Waals surface area contributed by atoms with Gasteiger partial charge in [0, 0.05) is 30.2 Å². The molecule has 0 spiro atoms. The molecule has 0 radical (unpaired) electrons. The highest BCUT2D eigenvalue weighted by molar-refractivity contribution is 5.77. The lowest BCUT2D eigenvalue weighted by molar-refractivity contribution is -0.121. The molecule has 0 saturated heterocycles. The molecule has 7 nitrogen and oxygen atoms in total. The van der Waals surface area contributed by atoms with Crippen LogP contribution in [0.2, 0.25) is 0 Å². The van der Waals surface area contributed by atoms with Crippen molar-refractivity contribution < 1.29 is 4.79 Å². The summed E-state index contributed by atoms with van der Waals surface area (Å²) in [4.78, 5) is 30.4. The Kier molecular flexibility index (Phi) is 5.49. The van der Waals surface area contributed by atoms with E-state index in [2.05, 4.69) is 20.4 Å². The van der Waals surface area contributed by atoms with E-state index >= 15 is 0 Å². The molecule has 27 heavy (non-hydrogen) atoms. The van der Waals surface area contributed by atoms with Gasteiger partial charge in [-0.3, -0.25) is 4.79 Å². The Labute approximate surface area is 157 Å². The lowest BCUT2D eigenvalue weighted by Gasteiger charge is -2.18. The minimum Gasteiger partial charge on any atom is -0.349 e. The maximum absolute atomic E-state index is 12.5. The Morgan fingerprint density at radius 3 is 2.74 bits per heavy atom. The molecule has 3 rings (SSSR count). The molecule has 3 aromatic rings. The Morgan fingerprint density at radius 1 is 1.26 bits per heavy atom. The van der Waals surface area contributed by atoms with Gasteiger partial charge in [-0.25, -0.2) is 9.48 Å². The Hall–Kier alpha value is -3.22. The first-order chi connectivity index (χ1) is 13.0. The van der Waals surface area contributed by atoms with Gasteiger partial charge in [0.15, 0.2) is 0 Å². The van der Waals surface area contributed by atoms with Gasteiger partial charge in [-0.15, -0.1) is 0 Å². The van der Waals surface area contributed by atoms with Crippen LogP contribution in [0.1, 0.15) is 41.9 Å². The van der Waals surface area contributed by atoms with Gasteiger partial charge < -0.3 is 10.3 Å². The summed E-state index contributed by atoms with van der Waals surface area (Å²) in [7, 11) is 0. The minimum atomic E-state index is -0.359. The first-order valence-corrected chi connectivity index (χ1v) is 8.90. The second-order valence-electron chi connectivity index (χ2n) is 6.53. The number of nitrogens with one attached hydrogen (secondary N) is 2. The van der Waals surface area contributed by atoms with Gasteiger partial charge in [-0.2, -0.15) is 10.1 Å². The van der Waals surface area contributed by atoms with E-state index in [4.69, 9.17) is 0 Å². The monoisotopic (exact) mass is 365 g/mol. The zero-order valence-corrected chi connectivity index (χ0v) is 15.7. The largest absolute Gasteiger partial charge is 0.349 e. The molecule has 0 bridgehead atoms. The Bertz CT molecular complexity index is 966. The van der Waals surface area contributed by atoms with E-state index in [1.54, 1.807) is 17.8 Å². The van der Waals surface area contributed by atoms with E-state index in [0.29, 0.717) is 18.5 Å². The normalized spacial score (nSPS) is 12.0. The van der Waals surface area contributed by atoms with Crippen molar-refractivity contribution in [3.05, 3.63) is 75.7 Å². The number of aryl methyl sites for hydroxylation is 2. The molecular formula is C20H23N5O2. The minimum absolute atomic E-state index is 0.0530. The van der Waals surface area contributed by atoms with Crippen LogP contribution in [-0.4, -0.2) is 25.7 Å². The first-order valence-electron chi connectivity index (χ1n) is 8.90. The molecule has 7 heteroatoms. The van der Waals surface area contributed by atoms with E-state index in [9.17, 15) is 9.59 Å². The predicted molar refractivity (Wildman–Crippen MR) is 103 cm³/mol. The number of hydrogen-bond donors (Lipinski definition) is 2. The van der Waals surface area contributed by atoms with Crippen molar-refractivity contribution in [1.82, 2.24) is 25.1 Å². The third-order valence-electron chi connectivity index (χ3n) is 4.59. The summed E-state index contributed by atoms with van der Waals surface area (Å²) in [6.45, 7) is 5.57. The van der Waals surface area contributed by atoms with Gasteiger partial charge in [-0.1, -0.05) is 18.2 Å². The van der Waals surface area contributed by atoms with Crippen LogP contribution in [0.5, 0.6) is 0 Å². The number of rotatable bonds is 6. The molecule has 0 fully saturated rings. The number of amides is 1. The zero-order valence-electron chi connectivity index (χ0n) is 15.7. The van der Waals surface area contributed by atoms with Crippen molar-refractivity contribution in [3.8, 4) is 5.69 Å². The number of carbonyl (C=O) groups is 1. The number of nitrogens with zero attached hydrogens (tertiary/aromatic N) is 3. The quantitative estimate of drug-likeness (QED) is 0.701. The highest BCUT2D eigenvalue weighted by Gasteiger charge is 2.15. The van der Waals surface area contributed by atoms with Crippen LogP contribution < -0.4 is 11.0 Å². The molecule has 2 N–H and O–H groups in total. The van der Waals surface area contributed by atoms with Crippen LogP contribution in [-0.2, 0) is 11.2 Å². The summed E-state index contributed by atoms with van der Waals surface area (Å²) in [5, 5.41) is 7.33. The van der Waals surface area contributed by atoms with Gasteiger partial charge in [0.25, 0.3) is 0 Å². The number of H-pyrrole nitrogens is 1. The predicted octanol–water partition coefficient (Wildman–Crippen LogP) is 2.38. The van der Waals surface area contributed by atoms with Crippen LogP contribution >= 0.6 is 0 Å². The van der Waals surface area contributed by atoms with Crippen LogP contribution in [0.4, 0.5) is 0 Å². The Morgan fingerprint density at radius 2 is 2.04 bits per heavy atom. The molecule has 2 heterocycles. The SMILES string of the molecule is Cc1nc(=O)[nH]c(C)c1CCC(=O)NC(C)c1ccccc1-n1cccn1. The summed E-state index contributed by atoms with van der Waals surface area (Å²) in [5.41, 5.74) is 3.91. The van der Waals surface area contributed by atoms with E-state index in [0.717, 1.165) is 22.5 Å². The summed E-state index contributed by atoms with van der Waals surface area (Å²) in [6, 6.07) is 9.57. The lowest BCUT2D eigenvalue weighted by Crippen LogP contribution is -2.28. The summed E-state index contributed by atoms with van der Waals surface area (Å²) >= 11 is 0. The number of hydrogen-bond acceptors (Lipinski definition) is 4. The van der Waals surface area contributed by atoms with Crippen molar-refractivity contribution in [2.75, 3.05) is 0 Å². The van der Waals surface area contributed by atoms with Crippen molar-refractivity contribution in [2.24, 2.45) is 0 Å². The molecular weight excluding hydrogens is 342 g/mol. The highest BCUT2D eigenvalue weighted by Crippen LogP contribution is 2.21. The van der Waals surface area contributed by atoms with Crippen LogP contribution in [0.25, 0.3) is 5.69 Å². The maximum Gasteiger partial charge on any atom is 0.345 e. The van der Waals surface area contributed by atoms with Crippen molar-refractivity contribution in [2.45, 2.75) is 39.7 Å². The fourth-order valence-corrected chi connectivity index (χ4v) is 3.23. The van der Waals surface area contributed by atoms with Gasteiger partial charge >= 0.3 is 5.69 Å². The van der Waals surface area contributed by atoms with E-state index in [1.165, 1.54) is 0 Å². The summed E-state index contributed by atoms with van der Waals surface area (Å²) in [6.07, 6.45) is 4.45. The van der Waals surface area contributed by atoms with Crippen molar-refractivity contribution in [3.63, 3.8) is 0 Å².